The average Bonchev–Trinajstić information content (AvgIpc) is 1.67. The Morgan fingerprint density at radius 3 is 0.942 bits per heavy atom. The lowest BCUT2D eigenvalue weighted by atomic mass is 10.2. The van der Waals surface area contributed by atoms with Crippen LogP contribution in [-0.2, 0) is 34.0 Å². The summed E-state index contributed by atoms with van der Waals surface area (Å²) in [6.07, 6.45) is 6.89. The number of hydrogen-bond acceptors (Lipinski definition) is 16. The monoisotopic (exact) mass is 1460 g/mol. The highest BCUT2D eigenvalue weighted by Gasteiger charge is 2.29. The number of anilines is 3. The summed E-state index contributed by atoms with van der Waals surface area (Å²) in [5.41, 5.74) is 3.75. The molecule has 0 unspecified atom stereocenters. The number of hydrogen-bond donors (Lipinski definition) is 0. The van der Waals surface area contributed by atoms with Gasteiger partial charge in [0.25, 0.3) is 0 Å². The zero-order valence-electron chi connectivity index (χ0n) is 55.1. The minimum Gasteiger partial charge on any atom is -0.353 e. The zero-order chi connectivity index (χ0) is 71.3. The van der Waals surface area contributed by atoms with Gasteiger partial charge in [-0.25, -0.2) is 75.3 Å². The molecule has 6 aromatic heterocycles. The van der Waals surface area contributed by atoms with Crippen molar-refractivity contribution in [3.8, 4) is 68.3 Å². The first-order valence-corrected chi connectivity index (χ1v) is 33.7. The Kier molecular flexibility index (Phi) is 21.7. The van der Waals surface area contributed by atoms with Crippen LogP contribution in [0, 0.1) is 34.9 Å². The molecule has 0 saturated carbocycles. The quantitative estimate of drug-likeness (QED) is 0.0873. The van der Waals surface area contributed by atoms with Gasteiger partial charge >= 0.3 is 0 Å². The number of halogens is 7. The Balaban J connectivity index is 0.000000138. The Morgan fingerprint density at radius 1 is 0.320 bits per heavy atom. The summed E-state index contributed by atoms with van der Waals surface area (Å²) in [5, 5.41) is 13.6. The highest BCUT2D eigenvalue weighted by molar-refractivity contribution is 9.10. The second-order valence-corrected chi connectivity index (χ2v) is 24.9. The fraction of sp³-hybridized carbons (Fsp3) is 0.203. The van der Waals surface area contributed by atoms with Gasteiger partial charge in [-0.3, -0.25) is 14.4 Å². The van der Waals surface area contributed by atoms with Crippen molar-refractivity contribution in [3.05, 3.63) is 246 Å². The molecule has 29 heteroatoms. The van der Waals surface area contributed by atoms with Gasteiger partial charge in [-0.1, -0.05) is 22.0 Å². The van der Waals surface area contributed by atoms with Gasteiger partial charge in [0.2, 0.25) is 23.7 Å². The molecular formula is C74H64BrF6N19O3. The molecule has 522 valence electrons. The van der Waals surface area contributed by atoms with E-state index >= 15 is 0 Å². The Morgan fingerprint density at radius 2 is 0.621 bits per heavy atom. The molecule has 0 spiro atoms. The maximum atomic E-state index is 13.5. The van der Waals surface area contributed by atoms with Crippen LogP contribution in [-0.4, -0.2) is 175 Å². The molecule has 9 heterocycles. The van der Waals surface area contributed by atoms with Crippen molar-refractivity contribution in [1.82, 2.24) is 78.9 Å². The van der Waals surface area contributed by atoms with Crippen molar-refractivity contribution in [2.45, 2.75) is 19.6 Å². The summed E-state index contributed by atoms with van der Waals surface area (Å²) in [4.78, 5) is 82.2. The van der Waals surface area contributed by atoms with Crippen molar-refractivity contribution in [1.29, 1.82) is 0 Å². The third-order valence-electron chi connectivity index (χ3n) is 17.2. The van der Waals surface area contributed by atoms with Gasteiger partial charge in [0.1, 0.15) is 66.2 Å². The van der Waals surface area contributed by atoms with Crippen LogP contribution >= 0.6 is 15.9 Å². The molecule has 3 aliphatic heterocycles. The topological polar surface area (TPSA) is 214 Å². The van der Waals surface area contributed by atoms with E-state index in [4.69, 9.17) is 0 Å². The van der Waals surface area contributed by atoms with E-state index in [0.29, 0.717) is 153 Å². The van der Waals surface area contributed by atoms with Crippen LogP contribution in [0.1, 0.15) is 0 Å². The average molecular weight is 1460 g/mol. The van der Waals surface area contributed by atoms with Gasteiger partial charge in [-0.15, -0.1) is 15.3 Å². The van der Waals surface area contributed by atoms with Crippen LogP contribution in [0.4, 0.5) is 43.9 Å². The van der Waals surface area contributed by atoms with E-state index < -0.39 is 0 Å². The van der Waals surface area contributed by atoms with Crippen molar-refractivity contribution in [2.75, 3.05) is 93.2 Å². The molecular weight excluding hydrogens is 1400 g/mol. The highest BCUT2D eigenvalue weighted by atomic mass is 79.9. The number of benzene rings is 6. The summed E-state index contributed by atoms with van der Waals surface area (Å²) in [6.45, 7) is 7.21. The van der Waals surface area contributed by atoms with Crippen molar-refractivity contribution >= 4 is 51.2 Å². The van der Waals surface area contributed by atoms with Crippen LogP contribution < -0.4 is 14.7 Å². The molecule has 0 atom stereocenters. The van der Waals surface area contributed by atoms with Crippen molar-refractivity contribution in [2.24, 2.45) is 0 Å². The van der Waals surface area contributed by atoms with Gasteiger partial charge in [0.05, 0.1) is 0 Å². The minimum absolute atomic E-state index is 0.00943. The standard InChI is InChI=1S/C25H21BrF2N6O.C25H22F2N6O.C24H21F2N7O/c26-19-9-10-29-22(15-19)32-11-13-33(14-12-32)23(35)16-34-25(18-3-7-21(28)8-4-18)30-24(31-34)17-1-5-20(27)6-2-17;26-20-8-4-18(5-9-20)24-29-25(19-6-10-21(27)11-7-19)33(30-24)17-23(34)32-15-13-31(14-16-32)22-3-1-2-12-28-22;25-19-6-2-17(3-7-19)22-29-23(18-4-8-20(26)9-5-18)33(30-22)16-21(34)31-12-14-32(15-13-31)24-27-10-1-11-28-24/h1-10,15H,11-14,16H2;1-12H,13-17H2;1-11H,12-16H2. The molecule has 3 aliphatic rings. The Bertz CT molecular complexity index is 4640. The number of nitrogens with zero attached hydrogens (tertiary/aromatic N) is 19. The smallest absolute Gasteiger partial charge is 0.244 e. The van der Waals surface area contributed by atoms with E-state index in [9.17, 15) is 40.7 Å². The van der Waals surface area contributed by atoms with E-state index in [0.717, 1.165) is 16.1 Å². The number of aromatic nitrogens is 13. The molecule has 22 nitrogen and oxygen atoms in total. The molecule has 12 aromatic rings. The lowest BCUT2D eigenvalue weighted by molar-refractivity contribution is -0.133. The predicted molar refractivity (Wildman–Crippen MR) is 377 cm³/mol. The number of amides is 3. The molecule has 15 rings (SSSR count). The van der Waals surface area contributed by atoms with Crippen LogP contribution in [0.15, 0.2) is 211 Å². The minimum atomic E-state index is -0.370. The second-order valence-electron chi connectivity index (χ2n) is 24.0. The molecule has 0 bridgehead atoms. The highest BCUT2D eigenvalue weighted by Crippen LogP contribution is 2.29. The maximum Gasteiger partial charge on any atom is 0.244 e. The first kappa shape index (κ1) is 69.5. The largest absolute Gasteiger partial charge is 0.353 e. The molecule has 0 N–H and O–H groups in total. The van der Waals surface area contributed by atoms with Crippen LogP contribution in [0.3, 0.4) is 0 Å². The number of piperazine rings is 3. The first-order chi connectivity index (χ1) is 50.1. The van der Waals surface area contributed by atoms with Crippen LogP contribution in [0.25, 0.3) is 68.3 Å². The second kappa shape index (κ2) is 32.1. The molecule has 0 aliphatic carbocycles. The number of carbonyl (C=O) groups excluding carboxylic acids is 3. The summed E-state index contributed by atoms with van der Waals surface area (Å²) < 4.78 is 86.1. The first-order valence-electron chi connectivity index (χ1n) is 32.9. The molecule has 103 heavy (non-hydrogen) atoms. The summed E-state index contributed by atoms with van der Waals surface area (Å²) in [7, 11) is 0. The normalized spacial score (nSPS) is 13.8. The van der Waals surface area contributed by atoms with Gasteiger partial charge in [0, 0.05) is 141 Å². The molecule has 3 saturated heterocycles. The molecule has 3 amide bonds. The number of rotatable bonds is 15. The summed E-state index contributed by atoms with van der Waals surface area (Å²) in [6, 6.07) is 46.4. The van der Waals surface area contributed by atoms with Gasteiger partial charge in [0.15, 0.2) is 34.9 Å². The van der Waals surface area contributed by atoms with Crippen molar-refractivity contribution < 1.29 is 40.7 Å². The third kappa shape index (κ3) is 17.4. The van der Waals surface area contributed by atoms with Crippen LogP contribution in [0.2, 0.25) is 0 Å². The molecule has 3 fully saturated rings. The summed E-state index contributed by atoms with van der Waals surface area (Å²) in [5.74, 6) is 2.35. The molecule has 0 radical (unpaired) electrons. The summed E-state index contributed by atoms with van der Waals surface area (Å²) >= 11 is 3.47. The SMILES string of the molecule is O=C(Cn1nc(-c2ccc(F)cc2)nc1-c1ccc(F)cc1)N1CCN(c2cc(Br)ccn2)CC1.O=C(Cn1nc(-c2ccc(F)cc2)nc1-c1ccc(F)cc1)N1CCN(c2ccccn2)CC1.O=C(Cn1nc(-c2ccc(F)cc2)nc1-c1ccc(F)cc1)N1CCN(c2ncccn2)CC1. The van der Waals surface area contributed by atoms with Gasteiger partial charge in [-0.05, 0) is 176 Å². The van der Waals surface area contributed by atoms with Gasteiger partial charge in [-0.2, -0.15) is 0 Å². The predicted octanol–water partition coefficient (Wildman–Crippen LogP) is 11.1. The van der Waals surface area contributed by atoms with E-state index in [1.165, 1.54) is 86.8 Å². The fourth-order valence-corrected chi connectivity index (χ4v) is 12.1. The maximum absolute atomic E-state index is 13.5. The molecule has 6 aromatic carbocycles. The lowest BCUT2D eigenvalue weighted by Crippen LogP contribution is -2.50. The van der Waals surface area contributed by atoms with Crippen LogP contribution in [0.5, 0.6) is 0 Å². The third-order valence-corrected chi connectivity index (χ3v) is 17.7. The lowest BCUT2D eigenvalue weighted by Gasteiger charge is -2.35. The number of carbonyl (C=O) groups is 3. The number of pyridine rings is 2. The van der Waals surface area contributed by atoms with E-state index in [2.05, 4.69) is 75.9 Å². The zero-order valence-corrected chi connectivity index (χ0v) is 56.7. The Hall–Kier alpha value is -12.0. The fourth-order valence-electron chi connectivity index (χ4n) is 11.7. The Labute approximate surface area is 595 Å². The van der Waals surface area contributed by atoms with Gasteiger partial charge < -0.3 is 29.4 Å². The van der Waals surface area contributed by atoms with Crippen molar-refractivity contribution in [3.63, 3.8) is 0 Å². The van der Waals surface area contributed by atoms with E-state index in [1.807, 2.05) is 35.2 Å². The van der Waals surface area contributed by atoms with E-state index in [1.54, 1.807) is 118 Å². The van der Waals surface area contributed by atoms with E-state index in [-0.39, 0.29) is 72.3 Å².